The number of aromatic nitrogens is 1. The minimum atomic E-state index is -1.02. The van der Waals surface area contributed by atoms with Gasteiger partial charge in [0.05, 0.1) is 52.6 Å². The molecule has 3 heterocycles. The highest BCUT2D eigenvalue weighted by Gasteiger charge is 2.20. The summed E-state index contributed by atoms with van der Waals surface area (Å²) in [6, 6.07) is 10.7. The van der Waals surface area contributed by atoms with E-state index in [2.05, 4.69) is 4.98 Å². The first-order chi connectivity index (χ1) is 19.1. The molecule has 10 nitrogen and oxygen atoms in total. The van der Waals surface area contributed by atoms with E-state index in [9.17, 15) is 19.2 Å². The van der Waals surface area contributed by atoms with Crippen molar-refractivity contribution >= 4 is 66.5 Å². The summed E-state index contributed by atoms with van der Waals surface area (Å²) in [5, 5.41) is 18.7. The number of fused-ring (bicyclic) bond motifs is 2. The third-order valence-corrected chi connectivity index (χ3v) is 8.22. The Morgan fingerprint density at radius 3 is 2.35 bits per heavy atom. The molecule has 2 N–H and O–H groups in total. The minimum Gasteiger partial charge on any atom is -0.493 e. The Labute approximate surface area is 237 Å². The molecule has 0 bridgehead atoms. The fraction of sp³-hybridized carbons (Fsp3) is 0.321. The van der Waals surface area contributed by atoms with Gasteiger partial charge in [-0.3, -0.25) is 19.2 Å². The number of benzene rings is 1. The molecular weight excluding hydrogens is 558 g/mol. The van der Waals surface area contributed by atoms with Crippen molar-refractivity contribution in [1.29, 1.82) is 0 Å². The molecule has 0 aliphatic heterocycles. The van der Waals surface area contributed by atoms with Crippen LogP contribution in [-0.2, 0) is 9.59 Å². The van der Waals surface area contributed by atoms with Crippen LogP contribution in [0.25, 0.3) is 20.3 Å². The van der Waals surface area contributed by atoms with Crippen molar-refractivity contribution in [1.82, 2.24) is 4.98 Å². The summed E-state index contributed by atoms with van der Waals surface area (Å²) < 4.78 is 18.7. The van der Waals surface area contributed by atoms with Gasteiger partial charge in [-0.1, -0.05) is 6.92 Å². The first-order valence-corrected chi connectivity index (χ1v) is 14.1. The maximum absolute atomic E-state index is 12.5. The maximum atomic E-state index is 12.5. The Morgan fingerprint density at radius 2 is 1.62 bits per heavy atom. The number of Topliss-reactive ketones (excluding diaryl/α,β-unsaturated/α-hetero) is 2. The third-order valence-electron chi connectivity index (χ3n) is 5.97. The van der Waals surface area contributed by atoms with Crippen LogP contribution in [0.15, 0.2) is 36.4 Å². The number of carbonyl (C=O) groups excluding carboxylic acids is 2. The van der Waals surface area contributed by atoms with Crippen LogP contribution >= 0.6 is 22.7 Å². The van der Waals surface area contributed by atoms with E-state index in [1.54, 1.807) is 18.2 Å². The van der Waals surface area contributed by atoms with Crippen molar-refractivity contribution in [2.24, 2.45) is 5.92 Å². The minimum absolute atomic E-state index is 0.0319. The normalized spacial score (nSPS) is 11.8. The number of nitrogens with zero attached hydrogens (tertiary/aromatic N) is 1. The van der Waals surface area contributed by atoms with Crippen LogP contribution in [-0.4, -0.2) is 59.0 Å². The van der Waals surface area contributed by atoms with Crippen LogP contribution in [0.3, 0.4) is 0 Å². The predicted octanol–water partition coefficient (Wildman–Crippen LogP) is 5.71. The highest BCUT2D eigenvalue weighted by molar-refractivity contribution is 7.21. The maximum Gasteiger partial charge on any atom is 0.306 e. The molecule has 4 rings (SSSR count). The smallest absolute Gasteiger partial charge is 0.306 e. The van der Waals surface area contributed by atoms with E-state index in [0.29, 0.717) is 46.4 Å². The lowest BCUT2D eigenvalue weighted by molar-refractivity contribution is -0.141. The van der Waals surface area contributed by atoms with Gasteiger partial charge in [-0.05, 0) is 35.7 Å². The number of carbonyl (C=O) groups is 4. The van der Waals surface area contributed by atoms with Crippen LogP contribution < -0.4 is 14.2 Å². The Morgan fingerprint density at radius 1 is 0.900 bits per heavy atom. The molecule has 1 aromatic carbocycles. The highest BCUT2D eigenvalue weighted by atomic mass is 32.1. The van der Waals surface area contributed by atoms with Crippen LogP contribution in [0, 0.1) is 5.92 Å². The van der Waals surface area contributed by atoms with E-state index >= 15 is 0 Å². The number of carboxylic acids is 2. The fourth-order valence-corrected chi connectivity index (χ4v) is 5.82. The lowest BCUT2D eigenvalue weighted by Gasteiger charge is -2.10. The lowest BCUT2D eigenvalue weighted by Crippen LogP contribution is -2.13. The second kappa shape index (κ2) is 12.9. The number of methoxy groups -OCH3 is 1. The van der Waals surface area contributed by atoms with Crippen molar-refractivity contribution in [2.75, 3.05) is 20.3 Å². The van der Waals surface area contributed by atoms with Gasteiger partial charge in [0.1, 0.15) is 5.75 Å². The third kappa shape index (κ3) is 7.13. The number of ether oxygens (including phenoxy) is 3. The number of ketones is 2. The Balaban J connectivity index is 1.32. The molecule has 0 amide bonds. The van der Waals surface area contributed by atoms with Gasteiger partial charge in [-0.25, -0.2) is 4.98 Å². The fourth-order valence-electron chi connectivity index (χ4n) is 3.78. The summed E-state index contributed by atoms with van der Waals surface area (Å²) in [6.45, 7) is 2.16. The Bertz CT molecular complexity index is 1570. The largest absolute Gasteiger partial charge is 0.493 e. The second-order valence-electron chi connectivity index (χ2n) is 9.03. The number of rotatable bonds is 15. The monoisotopic (exact) mass is 585 g/mol. The van der Waals surface area contributed by atoms with Crippen molar-refractivity contribution in [3.8, 4) is 17.4 Å². The summed E-state index contributed by atoms with van der Waals surface area (Å²) in [5.74, 6) is -1.89. The summed E-state index contributed by atoms with van der Waals surface area (Å²) in [5.41, 5.74) is 0.563. The molecular formula is C28H27NO9S2. The summed E-state index contributed by atoms with van der Waals surface area (Å²) >= 11 is 2.54. The van der Waals surface area contributed by atoms with Crippen molar-refractivity contribution in [2.45, 2.75) is 32.6 Å². The van der Waals surface area contributed by atoms with Crippen molar-refractivity contribution in [3.63, 3.8) is 0 Å². The van der Waals surface area contributed by atoms with Gasteiger partial charge >= 0.3 is 11.9 Å². The highest BCUT2D eigenvalue weighted by Crippen LogP contribution is 2.35. The predicted molar refractivity (Wildman–Crippen MR) is 151 cm³/mol. The van der Waals surface area contributed by atoms with E-state index in [1.165, 1.54) is 36.7 Å². The number of hydrogen-bond donors (Lipinski definition) is 2. The van der Waals surface area contributed by atoms with Crippen LogP contribution in [0.2, 0.25) is 0 Å². The second-order valence-corrected chi connectivity index (χ2v) is 11.2. The molecule has 0 spiro atoms. The molecule has 40 heavy (non-hydrogen) atoms. The first-order valence-electron chi connectivity index (χ1n) is 12.4. The molecule has 0 saturated heterocycles. The summed E-state index contributed by atoms with van der Waals surface area (Å²) in [4.78, 5) is 52.0. The number of carboxylic acid groups (broad SMARTS) is 2. The van der Waals surface area contributed by atoms with E-state index in [1.807, 2.05) is 18.2 Å². The van der Waals surface area contributed by atoms with Gasteiger partial charge in [-0.2, -0.15) is 0 Å². The van der Waals surface area contributed by atoms with Gasteiger partial charge in [-0.15, -0.1) is 22.7 Å². The van der Waals surface area contributed by atoms with Gasteiger partial charge in [0, 0.05) is 30.0 Å². The Hall–Kier alpha value is -4.03. The van der Waals surface area contributed by atoms with Crippen LogP contribution in [0.5, 0.6) is 17.4 Å². The molecule has 0 saturated carbocycles. The average Bonchev–Trinajstić information content (AvgIpc) is 3.54. The van der Waals surface area contributed by atoms with Crippen LogP contribution in [0.1, 0.15) is 52.0 Å². The van der Waals surface area contributed by atoms with Gasteiger partial charge in [0.15, 0.2) is 17.3 Å². The molecule has 12 heteroatoms. The molecule has 1 atom stereocenters. The molecule has 0 radical (unpaired) electrons. The number of hydrogen-bond acceptors (Lipinski definition) is 10. The molecule has 3 aromatic heterocycles. The zero-order valence-electron chi connectivity index (χ0n) is 21.8. The van der Waals surface area contributed by atoms with Crippen molar-refractivity contribution < 1.29 is 43.6 Å². The van der Waals surface area contributed by atoms with E-state index in [-0.39, 0.29) is 36.7 Å². The lowest BCUT2D eigenvalue weighted by atomic mass is 10.0. The number of pyridine rings is 1. The zero-order valence-corrected chi connectivity index (χ0v) is 23.4. The molecule has 4 aromatic rings. The molecule has 0 aliphatic rings. The zero-order chi connectivity index (χ0) is 28.8. The van der Waals surface area contributed by atoms with E-state index in [0.717, 1.165) is 14.8 Å². The molecule has 0 fully saturated rings. The quantitative estimate of drug-likeness (QED) is 0.131. The van der Waals surface area contributed by atoms with Gasteiger partial charge < -0.3 is 24.4 Å². The van der Waals surface area contributed by atoms with Gasteiger partial charge in [0.2, 0.25) is 0 Å². The topological polar surface area (TPSA) is 149 Å². The summed E-state index contributed by atoms with van der Waals surface area (Å²) in [6.07, 6.45) is 0.232. The van der Waals surface area contributed by atoms with Crippen molar-refractivity contribution in [3.05, 3.63) is 46.2 Å². The molecule has 210 valence electrons. The average molecular weight is 586 g/mol. The first kappa shape index (κ1) is 29.0. The number of aliphatic carboxylic acids is 2. The Kier molecular flexibility index (Phi) is 9.33. The van der Waals surface area contributed by atoms with E-state index in [4.69, 9.17) is 24.4 Å². The molecule has 0 aliphatic carbocycles. The standard InChI is InChI=1S/C28H27NO9S2/c1-15(28(34)35)10-20(31)25-13-18-23(40-25)14-21(36-2)27(29-18)38-9-3-8-37-17-5-4-16-11-24(39-22(16)12-17)19(30)6-7-26(32)33/h4-5,11-15H,3,6-10H2,1-2H3,(H,32,33)(H,34,35)/t15-/m0/s1. The van der Waals surface area contributed by atoms with Crippen LogP contribution in [0.4, 0.5) is 0 Å². The molecule has 0 unspecified atom stereocenters. The summed E-state index contributed by atoms with van der Waals surface area (Å²) in [7, 11) is 1.50. The number of thiophene rings is 2. The van der Waals surface area contributed by atoms with Gasteiger partial charge in [0.25, 0.3) is 5.88 Å². The van der Waals surface area contributed by atoms with E-state index < -0.39 is 17.9 Å². The SMILES string of the molecule is COc1cc2sc(C(=O)C[C@H](C)C(=O)O)cc2nc1OCCCOc1ccc2cc(C(=O)CCC(=O)O)sc2c1.